The van der Waals surface area contributed by atoms with Gasteiger partial charge < -0.3 is 9.63 Å². The molecule has 0 saturated carbocycles. The van der Waals surface area contributed by atoms with E-state index in [1.165, 1.54) is 12.2 Å². The molecule has 0 N–H and O–H groups in total. The largest absolute Gasteiger partial charge is 0.302 e. The lowest BCUT2D eigenvalue weighted by atomic mass is 10.7. The number of likely N-dealkylation sites (N-methyl/N-ethyl adjacent to an activating group) is 1. The summed E-state index contributed by atoms with van der Waals surface area (Å²) in [6.45, 7) is 0.330. The van der Waals surface area contributed by atoms with Crippen LogP contribution in [0.4, 0.5) is 0 Å². The van der Waals surface area contributed by atoms with Gasteiger partial charge >= 0.3 is 0 Å². The van der Waals surface area contributed by atoms with E-state index in [9.17, 15) is 4.79 Å². The molecule has 0 aromatic heterocycles. The van der Waals surface area contributed by atoms with Crippen molar-refractivity contribution in [1.82, 2.24) is 5.06 Å². The molecule has 3 nitrogen and oxygen atoms in total. The van der Waals surface area contributed by atoms with E-state index in [0.717, 1.165) is 6.29 Å². The van der Waals surface area contributed by atoms with Crippen LogP contribution in [0.1, 0.15) is 0 Å². The molecule has 0 radical (unpaired) electrons. The molecule has 0 heterocycles. The van der Waals surface area contributed by atoms with Crippen molar-refractivity contribution in [2.24, 2.45) is 0 Å². The molecule has 0 aliphatic carbocycles. The Labute approximate surface area is 42.8 Å². The minimum atomic E-state index is 0.330. The van der Waals surface area contributed by atoms with Crippen molar-refractivity contribution < 1.29 is 9.63 Å². The second-order valence-electron chi connectivity index (χ2n) is 1.16. The number of hydrogen-bond acceptors (Lipinski definition) is 3. The lowest BCUT2D eigenvalue weighted by Crippen LogP contribution is -2.18. The van der Waals surface area contributed by atoms with E-state index in [4.69, 9.17) is 0 Å². The molecule has 0 unspecified atom stereocenters. The monoisotopic (exact) mass is 103 g/mol. The Morgan fingerprint density at radius 2 is 2.43 bits per heavy atom. The fraction of sp³-hybridized carbons (Fsp3) is 0.750. The molecule has 0 rings (SSSR count). The number of hydrogen-bond donors (Lipinski definition) is 0. The van der Waals surface area contributed by atoms with Gasteiger partial charge in [0, 0.05) is 7.05 Å². The first-order valence-corrected chi connectivity index (χ1v) is 2.00. The average Bonchev–Trinajstić information content (AvgIpc) is 1.68. The van der Waals surface area contributed by atoms with Gasteiger partial charge in [-0.1, -0.05) is 0 Å². The molecule has 0 atom stereocenters. The van der Waals surface area contributed by atoms with Gasteiger partial charge in [-0.15, -0.1) is 0 Å². The third-order valence-corrected chi connectivity index (χ3v) is 0.643. The fourth-order valence-corrected chi connectivity index (χ4v) is 0.180. The van der Waals surface area contributed by atoms with Crippen molar-refractivity contribution >= 4 is 6.29 Å². The lowest BCUT2D eigenvalue weighted by molar-refractivity contribution is -0.130. The molecular weight excluding hydrogens is 94.0 g/mol. The van der Waals surface area contributed by atoms with Gasteiger partial charge in [0.2, 0.25) is 0 Å². The van der Waals surface area contributed by atoms with Crippen LogP contribution >= 0.6 is 0 Å². The Kier molecular flexibility index (Phi) is 3.55. The fourth-order valence-electron chi connectivity index (χ4n) is 0.180. The first-order valence-electron chi connectivity index (χ1n) is 2.00. The van der Waals surface area contributed by atoms with Crippen LogP contribution in [0, 0.1) is 0 Å². The van der Waals surface area contributed by atoms with Gasteiger partial charge in [0.05, 0.1) is 13.7 Å². The summed E-state index contributed by atoms with van der Waals surface area (Å²) in [6.07, 6.45) is 0.781. The standard InChI is InChI=1S/C4H9NO2/c1-5(7-2)3-4-6/h4H,3H2,1-2H3. The van der Waals surface area contributed by atoms with Gasteiger partial charge in [0.25, 0.3) is 0 Å². The average molecular weight is 103 g/mol. The Morgan fingerprint density at radius 3 is 2.57 bits per heavy atom. The van der Waals surface area contributed by atoms with E-state index < -0.39 is 0 Å². The topological polar surface area (TPSA) is 29.5 Å². The second-order valence-corrected chi connectivity index (χ2v) is 1.16. The van der Waals surface area contributed by atoms with Gasteiger partial charge in [0.15, 0.2) is 0 Å². The van der Waals surface area contributed by atoms with Crippen LogP contribution in [0.5, 0.6) is 0 Å². The summed E-state index contributed by atoms with van der Waals surface area (Å²) in [4.78, 5) is 14.2. The highest BCUT2D eigenvalue weighted by Crippen LogP contribution is 1.73. The Morgan fingerprint density at radius 1 is 1.86 bits per heavy atom. The minimum absolute atomic E-state index is 0.330. The van der Waals surface area contributed by atoms with Crippen LogP contribution < -0.4 is 0 Å². The van der Waals surface area contributed by atoms with E-state index in [2.05, 4.69) is 4.84 Å². The van der Waals surface area contributed by atoms with Gasteiger partial charge in [-0.2, -0.15) is 5.06 Å². The summed E-state index contributed by atoms with van der Waals surface area (Å²) in [5.41, 5.74) is 0. The molecule has 0 aromatic carbocycles. The quantitative estimate of drug-likeness (QED) is 0.362. The summed E-state index contributed by atoms with van der Waals surface area (Å²) in [5, 5.41) is 1.44. The Hall–Kier alpha value is -0.410. The molecular formula is C4H9NO2. The van der Waals surface area contributed by atoms with Crippen molar-refractivity contribution in [1.29, 1.82) is 0 Å². The van der Waals surface area contributed by atoms with E-state index in [-0.39, 0.29) is 0 Å². The number of nitrogens with zero attached hydrogens (tertiary/aromatic N) is 1. The zero-order valence-corrected chi connectivity index (χ0v) is 4.55. The Balaban J connectivity index is 2.98. The number of hydroxylamine groups is 2. The minimum Gasteiger partial charge on any atom is -0.302 e. The molecule has 0 spiro atoms. The molecule has 0 aliphatic rings. The molecule has 0 fully saturated rings. The van der Waals surface area contributed by atoms with Crippen LogP contribution in [-0.4, -0.2) is 32.1 Å². The van der Waals surface area contributed by atoms with Gasteiger partial charge in [-0.25, -0.2) is 0 Å². The van der Waals surface area contributed by atoms with Crippen molar-refractivity contribution in [3.05, 3.63) is 0 Å². The zero-order chi connectivity index (χ0) is 5.70. The highest BCUT2D eigenvalue weighted by molar-refractivity contribution is 5.51. The van der Waals surface area contributed by atoms with E-state index in [0.29, 0.717) is 6.54 Å². The normalized spacial score (nSPS) is 9.57. The third kappa shape index (κ3) is 3.42. The summed E-state index contributed by atoms with van der Waals surface area (Å²) in [7, 11) is 3.21. The maximum absolute atomic E-state index is 9.65. The number of aldehydes is 1. The molecule has 0 saturated heterocycles. The van der Waals surface area contributed by atoms with Gasteiger partial charge in [-0.05, 0) is 0 Å². The first kappa shape index (κ1) is 6.59. The number of rotatable bonds is 3. The number of carbonyl (C=O) groups is 1. The van der Waals surface area contributed by atoms with Crippen LogP contribution in [0.3, 0.4) is 0 Å². The van der Waals surface area contributed by atoms with Crippen molar-refractivity contribution in [3.63, 3.8) is 0 Å². The second kappa shape index (κ2) is 3.77. The zero-order valence-electron chi connectivity index (χ0n) is 4.55. The molecule has 42 valence electrons. The van der Waals surface area contributed by atoms with Crippen LogP contribution in [0.2, 0.25) is 0 Å². The molecule has 0 amide bonds. The van der Waals surface area contributed by atoms with Crippen LogP contribution in [0.15, 0.2) is 0 Å². The predicted octanol–water partition coefficient (Wildman–Crippen LogP) is -0.322. The maximum atomic E-state index is 9.65. The van der Waals surface area contributed by atoms with E-state index >= 15 is 0 Å². The smallest absolute Gasteiger partial charge is 0.136 e. The highest BCUT2D eigenvalue weighted by Gasteiger charge is 1.87. The highest BCUT2D eigenvalue weighted by atomic mass is 16.7. The van der Waals surface area contributed by atoms with Gasteiger partial charge in [-0.3, -0.25) is 0 Å². The third-order valence-electron chi connectivity index (χ3n) is 0.643. The molecule has 0 aliphatic heterocycles. The summed E-state index contributed by atoms with van der Waals surface area (Å²) in [5.74, 6) is 0. The molecule has 7 heavy (non-hydrogen) atoms. The van der Waals surface area contributed by atoms with Crippen LogP contribution in [0.25, 0.3) is 0 Å². The molecule has 3 heteroatoms. The van der Waals surface area contributed by atoms with Crippen molar-refractivity contribution in [2.45, 2.75) is 0 Å². The predicted molar refractivity (Wildman–Crippen MR) is 25.7 cm³/mol. The lowest BCUT2D eigenvalue weighted by Gasteiger charge is -2.06. The van der Waals surface area contributed by atoms with Gasteiger partial charge in [0.1, 0.15) is 6.29 Å². The van der Waals surface area contributed by atoms with Crippen LogP contribution in [-0.2, 0) is 9.63 Å². The summed E-state index contributed by atoms with van der Waals surface area (Å²) in [6, 6.07) is 0. The first-order chi connectivity index (χ1) is 3.31. The SMILES string of the molecule is CON(C)CC=O. The van der Waals surface area contributed by atoms with E-state index in [1.54, 1.807) is 7.05 Å². The van der Waals surface area contributed by atoms with Crippen molar-refractivity contribution in [3.8, 4) is 0 Å². The van der Waals surface area contributed by atoms with Crippen molar-refractivity contribution in [2.75, 3.05) is 20.7 Å². The summed E-state index contributed by atoms with van der Waals surface area (Å²) < 4.78 is 0. The molecule has 0 aromatic rings. The summed E-state index contributed by atoms with van der Waals surface area (Å²) >= 11 is 0. The van der Waals surface area contributed by atoms with E-state index in [1.807, 2.05) is 0 Å². The number of carbonyl (C=O) groups excluding carboxylic acids is 1. The molecule has 0 bridgehead atoms. The maximum Gasteiger partial charge on any atom is 0.136 e. The Bertz CT molecular complexity index is 55.7.